The molecule has 1 heterocycles. The van der Waals surface area contributed by atoms with Crippen molar-refractivity contribution in [1.82, 2.24) is 4.31 Å². The fraction of sp³-hybridized carbons (Fsp3) is 0.571. The largest absolute Gasteiger partial charge is 0.496 e. The molecule has 1 aromatic rings. The Bertz CT molecular complexity index is 785. The summed E-state index contributed by atoms with van der Waals surface area (Å²) in [6.45, 7) is 3.44. The van der Waals surface area contributed by atoms with Crippen molar-refractivity contribution < 1.29 is 21.6 Å². The monoisotopic (exact) mass is 347 g/mol. The zero-order chi connectivity index (χ0) is 16.8. The molecule has 0 unspecified atom stereocenters. The van der Waals surface area contributed by atoms with Crippen LogP contribution in [0, 0.1) is 6.92 Å². The van der Waals surface area contributed by atoms with Gasteiger partial charge in [-0.15, -0.1) is 0 Å². The van der Waals surface area contributed by atoms with Gasteiger partial charge in [0.15, 0.2) is 9.84 Å². The van der Waals surface area contributed by atoms with Crippen LogP contribution in [-0.2, 0) is 19.9 Å². The Balaban J connectivity index is 2.40. The van der Waals surface area contributed by atoms with E-state index in [2.05, 4.69) is 0 Å². The van der Waals surface area contributed by atoms with Crippen LogP contribution >= 0.6 is 0 Å². The van der Waals surface area contributed by atoms with Gasteiger partial charge < -0.3 is 4.74 Å². The number of aryl methyl sites for hydroxylation is 1. The molecule has 0 bridgehead atoms. The van der Waals surface area contributed by atoms with Crippen molar-refractivity contribution in [3.05, 3.63) is 23.8 Å². The summed E-state index contributed by atoms with van der Waals surface area (Å²) in [5, 5.41) is 0. The van der Waals surface area contributed by atoms with E-state index in [1.807, 2.05) is 0 Å². The predicted molar refractivity (Wildman–Crippen MR) is 84.4 cm³/mol. The highest BCUT2D eigenvalue weighted by molar-refractivity contribution is 7.92. The SMILES string of the molecule is COc1ccc(S(=O)(=O)N(C)[C@@]2(C)CCS(=O)(=O)C2)cc1C. The molecule has 0 radical (unpaired) electrons. The lowest BCUT2D eigenvalue weighted by atomic mass is 10.0. The summed E-state index contributed by atoms with van der Waals surface area (Å²) >= 11 is 0. The van der Waals surface area contributed by atoms with Gasteiger partial charge in [-0.2, -0.15) is 4.31 Å². The van der Waals surface area contributed by atoms with Gasteiger partial charge in [0.05, 0.1) is 23.5 Å². The highest BCUT2D eigenvalue weighted by Crippen LogP contribution is 2.33. The number of rotatable bonds is 4. The zero-order valence-electron chi connectivity index (χ0n) is 13.2. The third-order valence-corrected chi connectivity index (χ3v) is 8.17. The molecule has 0 amide bonds. The Kier molecular flexibility index (Phi) is 4.31. The van der Waals surface area contributed by atoms with Gasteiger partial charge in [0.25, 0.3) is 0 Å². The van der Waals surface area contributed by atoms with Gasteiger partial charge in [0.2, 0.25) is 10.0 Å². The summed E-state index contributed by atoms with van der Waals surface area (Å²) < 4.78 is 55.3. The number of hydrogen-bond donors (Lipinski definition) is 0. The minimum atomic E-state index is -3.77. The first-order chi connectivity index (χ1) is 10.0. The third-order valence-electron chi connectivity index (χ3n) is 4.27. The average molecular weight is 347 g/mol. The minimum Gasteiger partial charge on any atom is -0.496 e. The predicted octanol–water partition coefficient (Wildman–Crippen LogP) is 1.20. The molecular formula is C14H21NO5S2. The van der Waals surface area contributed by atoms with Crippen molar-refractivity contribution in [3.8, 4) is 5.75 Å². The maximum Gasteiger partial charge on any atom is 0.243 e. The van der Waals surface area contributed by atoms with Crippen LogP contribution in [0.2, 0.25) is 0 Å². The van der Waals surface area contributed by atoms with Crippen LogP contribution in [0.5, 0.6) is 5.75 Å². The van der Waals surface area contributed by atoms with Gasteiger partial charge in [-0.1, -0.05) is 0 Å². The molecule has 0 N–H and O–H groups in total. The van der Waals surface area contributed by atoms with Crippen molar-refractivity contribution >= 4 is 19.9 Å². The fourth-order valence-electron chi connectivity index (χ4n) is 2.70. The molecule has 22 heavy (non-hydrogen) atoms. The Hall–Kier alpha value is -1.12. The van der Waals surface area contributed by atoms with E-state index in [1.54, 1.807) is 19.9 Å². The van der Waals surface area contributed by atoms with Crippen LogP contribution in [0.25, 0.3) is 0 Å². The standard InChI is InChI=1S/C14H21NO5S2/c1-11-9-12(5-6-13(11)20-4)22(18,19)15(3)14(2)7-8-21(16,17)10-14/h5-6,9H,7-8,10H2,1-4H3/t14-/m0/s1. The fourth-order valence-corrected chi connectivity index (χ4v) is 6.58. The molecule has 2 rings (SSSR count). The van der Waals surface area contributed by atoms with E-state index in [0.717, 1.165) is 0 Å². The van der Waals surface area contributed by atoms with Gasteiger partial charge in [0, 0.05) is 12.6 Å². The smallest absolute Gasteiger partial charge is 0.243 e. The second kappa shape index (κ2) is 5.50. The molecule has 124 valence electrons. The van der Waals surface area contributed by atoms with E-state index in [-0.39, 0.29) is 16.4 Å². The van der Waals surface area contributed by atoms with E-state index < -0.39 is 25.4 Å². The van der Waals surface area contributed by atoms with Crippen molar-refractivity contribution in [2.45, 2.75) is 30.7 Å². The molecule has 1 aliphatic rings. The first-order valence-corrected chi connectivity index (χ1v) is 10.1. The molecule has 1 saturated heterocycles. The highest BCUT2D eigenvalue weighted by Gasteiger charge is 2.46. The maximum atomic E-state index is 12.8. The van der Waals surface area contributed by atoms with Crippen LogP contribution in [0.4, 0.5) is 0 Å². The first-order valence-electron chi connectivity index (χ1n) is 6.86. The van der Waals surface area contributed by atoms with Crippen LogP contribution in [0.1, 0.15) is 18.9 Å². The second-order valence-electron chi connectivity index (χ2n) is 5.94. The number of sulfonamides is 1. The number of hydrogen-bond acceptors (Lipinski definition) is 5. The molecule has 0 spiro atoms. The van der Waals surface area contributed by atoms with Gasteiger partial charge in [-0.05, 0) is 44.0 Å². The molecule has 0 saturated carbocycles. The number of ether oxygens (including phenoxy) is 1. The van der Waals surface area contributed by atoms with Crippen molar-refractivity contribution in [2.24, 2.45) is 0 Å². The summed E-state index contributed by atoms with van der Waals surface area (Å²) in [7, 11) is -3.99. The zero-order valence-corrected chi connectivity index (χ0v) is 14.8. The number of benzene rings is 1. The Morgan fingerprint density at radius 2 is 1.95 bits per heavy atom. The highest BCUT2D eigenvalue weighted by atomic mass is 32.2. The molecule has 0 aliphatic carbocycles. The van der Waals surface area contributed by atoms with Gasteiger partial charge in [0.1, 0.15) is 5.75 Å². The van der Waals surface area contributed by atoms with E-state index in [9.17, 15) is 16.8 Å². The maximum absolute atomic E-state index is 12.8. The van der Waals surface area contributed by atoms with Crippen molar-refractivity contribution in [2.75, 3.05) is 25.7 Å². The van der Waals surface area contributed by atoms with E-state index in [1.165, 1.54) is 30.6 Å². The average Bonchev–Trinajstić information content (AvgIpc) is 2.72. The van der Waals surface area contributed by atoms with E-state index in [0.29, 0.717) is 17.7 Å². The van der Waals surface area contributed by atoms with Crippen LogP contribution in [0.3, 0.4) is 0 Å². The summed E-state index contributed by atoms with van der Waals surface area (Å²) in [5.74, 6) is 0.479. The molecule has 1 fully saturated rings. The van der Waals surface area contributed by atoms with Crippen LogP contribution in [-0.4, -0.2) is 52.3 Å². The number of sulfone groups is 1. The van der Waals surface area contributed by atoms with Crippen LogP contribution < -0.4 is 4.74 Å². The summed E-state index contributed by atoms with van der Waals surface area (Å²) in [6, 6.07) is 4.62. The van der Waals surface area contributed by atoms with Gasteiger partial charge in [-0.25, -0.2) is 16.8 Å². The molecule has 1 atom stereocenters. The third kappa shape index (κ3) is 3.00. The molecule has 6 nitrogen and oxygen atoms in total. The topological polar surface area (TPSA) is 80.8 Å². The molecule has 0 aromatic heterocycles. The Morgan fingerprint density at radius 3 is 2.41 bits per heavy atom. The normalized spacial score (nSPS) is 24.6. The summed E-state index contributed by atoms with van der Waals surface area (Å²) in [6.07, 6.45) is 0.306. The van der Waals surface area contributed by atoms with Crippen molar-refractivity contribution in [3.63, 3.8) is 0 Å². The quantitative estimate of drug-likeness (QED) is 0.817. The lowest BCUT2D eigenvalue weighted by Gasteiger charge is -2.33. The molecule has 8 heteroatoms. The molecule has 1 aromatic carbocycles. The van der Waals surface area contributed by atoms with Crippen LogP contribution in [0.15, 0.2) is 23.1 Å². The lowest BCUT2D eigenvalue weighted by molar-refractivity contribution is 0.272. The minimum absolute atomic E-state index is 0.0188. The Morgan fingerprint density at radius 1 is 1.32 bits per heavy atom. The summed E-state index contributed by atoms with van der Waals surface area (Å²) in [4.78, 5) is 0.138. The molecule has 1 aliphatic heterocycles. The number of methoxy groups -OCH3 is 1. The molecular weight excluding hydrogens is 326 g/mol. The van der Waals surface area contributed by atoms with Gasteiger partial charge >= 0.3 is 0 Å². The van der Waals surface area contributed by atoms with E-state index >= 15 is 0 Å². The Labute approximate surface area is 132 Å². The lowest BCUT2D eigenvalue weighted by Crippen LogP contribution is -2.48. The number of nitrogens with zero attached hydrogens (tertiary/aromatic N) is 1. The van der Waals surface area contributed by atoms with Crippen molar-refractivity contribution in [1.29, 1.82) is 0 Å². The van der Waals surface area contributed by atoms with E-state index in [4.69, 9.17) is 4.74 Å². The summed E-state index contributed by atoms with van der Waals surface area (Å²) in [5.41, 5.74) is -0.202. The first kappa shape index (κ1) is 17.2. The van der Waals surface area contributed by atoms with Gasteiger partial charge in [-0.3, -0.25) is 0 Å². The second-order valence-corrected chi connectivity index (χ2v) is 10.1.